The van der Waals surface area contributed by atoms with E-state index in [1.807, 2.05) is 0 Å². The van der Waals surface area contributed by atoms with E-state index in [1.54, 1.807) is 36.7 Å². The number of amides is 1. The van der Waals surface area contributed by atoms with Gasteiger partial charge in [-0.3, -0.25) is 4.79 Å². The number of nitriles is 1. The maximum atomic E-state index is 12.6. The third-order valence-electron chi connectivity index (χ3n) is 5.41. The average Bonchev–Trinajstić information content (AvgIpc) is 3.41. The number of aromatic amines is 1. The van der Waals surface area contributed by atoms with Crippen molar-refractivity contribution in [2.75, 3.05) is 5.32 Å². The van der Waals surface area contributed by atoms with Gasteiger partial charge in [0.2, 0.25) is 0 Å². The average molecular weight is 435 g/mol. The summed E-state index contributed by atoms with van der Waals surface area (Å²) in [5.41, 5.74) is 2.76. The van der Waals surface area contributed by atoms with Gasteiger partial charge in [0.05, 0.1) is 11.1 Å². The molecule has 0 aliphatic heterocycles. The molecule has 7 nitrogen and oxygen atoms in total. The lowest BCUT2D eigenvalue weighted by Crippen LogP contribution is -2.30. The third-order valence-corrected chi connectivity index (χ3v) is 6.58. The molecule has 0 fully saturated rings. The Morgan fingerprint density at radius 1 is 1.35 bits per heavy atom. The molecule has 1 aliphatic carbocycles. The van der Waals surface area contributed by atoms with Gasteiger partial charge < -0.3 is 15.0 Å². The zero-order valence-corrected chi connectivity index (χ0v) is 18.1. The van der Waals surface area contributed by atoms with Gasteiger partial charge in [0.15, 0.2) is 6.10 Å². The number of nitrogens with one attached hydrogen (secondary N) is 2. The van der Waals surface area contributed by atoms with Crippen LogP contribution in [0.3, 0.4) is 0 Å². The van der Waals surface area contributed by atoms with Crippen molar-refractivity contribution in [1.82, 2.24) is 9.97 Å². The van der Waals surface area contributed by atoms with Crippen molar-refractivity contribution >= 4 is 28.2 Å². The summed E-state index contributed by atoms with van der Waals surface area (Å²) in [6.45, 7) is 3.71. The molecular formula is C23H22N4O3S. The number of hydrogen-bond acceptors (Lipinski definition) is 6. The van der Waals surface area contributed by atoms with E-state index >= 15 is 0 Å². The normalized spacial score (nSPS) is 16.1. The first-order chi connectivity index (χ1) is 15.0. The molecule has 158 valence electrons. The third kappa shape index (κ3) is 4.37. The second kappa shape index (κ2) is 8.74. The number of carbonyl (C=O) groups is 2. The van der Waals surface area contributed by atoms with Gasteiger partial charge in [0, 0.05) is 22.8 Å². The SMILES string of the molecule is CC1CCc2c(sc(NC(=O)C(C)OC(=O)c3ccc(-c4ncc[nH]4)cc3)c2C#N)C1. The standard InChI is InChI=1S/C23H22N4O3S/c1-13-3-8-17-18(12-24)22(31-19(17)11-13)27-21(28)14(2)30-23(29)16-6-4-15(5-7-16)20-25-9-10-26-20/h4-7,9-10,13-14H,3,8,11H2,1-2H3,(H,25,26)(H,27,28). The molecule has 0 radical (unpaired) electrons. The topological polar surface area (TPSA) is 108 Å². The van der Waals surface area contributed by atoms with Crippen molar-refractivity contribution in [3.8, 4) is 17.5 Å². The van der Waals surface area contributed by atoms with E-state index in [0.29, 0.717) is 27.9 Å². The van der Waals surface area contributed by atoms with Crippen LogP contribution in [0.4, 0.5) is 5.00 Å². The first-order valence-electron chi connectivity index (χ1n) is 10.1. The van der Waals surface area contributed by atoms with Crippen LogP contribution in [0.1, 0.15) is 46.6 Å². The van der Waals surface area contributed by atoms with E-state index < -0.39 is 18.0 Å². The highest BCUT2D eigenvalue weighted by Gasteiger charge is 2.26. The van der Waals surface area contributed by atoms with Crippen LogP contribution in [-0.2, 0) is 22.4 Å². The second-order valence-electron chi connectivity index (χ2n) is 7.72. The lowest BCUT2D eigenvalue weighted by Gasteiger charge is -2.17. The molecule has 0 bridgehead atoms. The monoisotopic (exact) mass is 434 g/mol. The highest BCUT2D eigenvalue weighted by molar-refractivity contribution is 7.16. The molecular weight excluding hydrogens is 412 g/mol. The molecule has 0 spiro atoms. The highest BCUT2D eigenvalue weighted by atomic mass is 32.1. The Balaban J connectivity index is 1.41. The Hall–Kier alpha value is -3.44. The number of rotatable bonds is 5. The lowest BCUT2D eigenvalue weighted by atomic mass is 9.88. The Morgan fingerprint density at radius 2 is 2.13 bits per heavy atom. The largest absolute Gasteiger partial charge is 0.449 e. The van der Waals surface area contributed by atoms with Gasteiger partial charge in [-0.1, -0.05) is 19.1 Å². The predicted octanol–water partition coefficient (Wildman–Crippen LogP) is 4.32. The first-order valence-corrected chi connectivity index (χ1v) is 10.9. The van der Waals surface area contributed by atoms with Crippen LogP contribution in [0.2, 0.25) is 0 Å². The van der Waals surface area contributed by atoms with E-state index in [0.717, 1.165) is 35.3 Å². The van der Waals surface area contributed by atoms with E-state index in [2.05, 4.69) is 28.3 Å². The fourth-order valence-corrected chi connectivity index (χ4v) is 5.00. The van der Waals surface area contributed by atoms with E-state index in [9.17, 15) is 14.9 Å². The molecule has 0 saturated carbocycles. The highest BCUT2D eigenvalue weighted by Crippen LogP contribution is 2.39. The number of benzene rings is 1. The molecule has 4 rings (SSSR count). The molecule has 2 N–H and O–H groups in total. The summed E-state index contributed by atoms with van der Waals surface area (Å²) in [4.78, 5) is 33.4. The van der Waals surface area contributed by atoms with E-state index in [1.165, 1.54) is 18.3 Å². The minimum absolute atomic E-state index is 0.341. The summed E-state index contributed by atoms with van der Waals surface area (Å²) in [6, 6.07) is 9.01. The van der Waals surface area contributed by atoms with Crippen LogP contribution in [-0.4, -0.2) is 27.9 Å². The number of nitrogens with zero attached hydrogens (tertiary/aromatic N) is 2. The Labute approximate surface area is 184 Å². The molecule has 1 amide bonds. The summed E-state index contributed by atoms with van der Waals surface area (Å²) >= 11 is 1.45. The number of carbonyl (C=O) groups excluding carboxylic acids is 2. The van der Waals surface area contributed by atoms with Gasteiger partial charge in [-0.15, -0.1) is 11.3 Å². The summed E-state index contributed by atoms with van der Waals surface area (Å²) < 4.78 is 5.34. The maximum Gasteiger partial charge on any atom is 0.338 e. The van der Waals surface area contributed by atoms with Crippen LogP contribution in [0, 0.1) is 17.2 Å². The van der Waals surface area contributed by atoms with Crippen LogP contribution in [0.15, 0.2) is 36.7 Å². The van der Waals surface area contributed by atoms with Gasteiger partial charge in [-0.05, 0) is 49.8 Å². The van der Waals surface area contributed by atoms with Gasteiger partial charge >= 0.3 is 5.97 Å². The van der Waals surface area contributed by atoms with E-state index in [4.69, 9.17) is 4.74 Å². The second-order valence-corrected chi connectivity index (χ2v) is 8.82. The molecule has 31 heavy (non-hydrogen) atoms. The molecule has 1 aromatic carbocycles. The fraction of sp³-hybridized carbons (Fsp3) is 0.304. The molecule has 2 heterocycles. The van der Waals surface area contributed by atoms with Crippen molar-refractivity contribution < 1.29 is 14.3 Å². The Morgan fingerprint density at radius 3 is 2.81 bits per heavy atom. The number of ether oxygens (including phenoxy) is 1. The lowest BCUT2D eigenvalue weighted by molar-refractivity contribution is -0.123. The van der Waals surface area contributed by atoms with Crippen molar-refractivity contribution in [2.24, 2.45) is 5.92 Å². The van der Waals surface area contributed by atoms with Gasteiger partial charge in [0.25, 0.3) is 5.91 Å². The number of fused-ring (bicyclic) bond motifs is 1. The van der Waals surface area contributed by atoms with Crippen LogP contribution in [0.25, 0.3) is 11.4 Å². The van der Waals surface area contributed by atoms with Crippen LogP contribution in [0.5, 0.6) is 0 Å². The number of aromatic nitrogens is 2. The molecule has 8 heteroatoms. The molecule has 2 unspecified atom stereocenters. The van der Waals surface area contributed by atoms with Crippen molar-refractivity contribution in [3.05, 3.63) is 58.2 Å². The van der Waals surface area contributed by atoms with Crippen molar-refractivity contribution in [3.63, 3.8) is 0 Å². The summed E-state index contributed by atoms with van der Waals surface area (Å²) in [5.74, 6) is 0.228. The smallest absolute Gasteiger partial charge is 0.338 e. The van der Waals surface area contributed by atoms with Gasteiger partial charge in [-0.2, -0.15) is 5.26 Å². The fourth-order valence-electron chi connectivity index (χ4n) is 3.64. The molecule has 2 atom stereocenters. The number of anilines is 1. The zero-order valence-electron chi connectivity index (χ0n) is 17.3. The van der Waals surface area contributed by atoms with Crippen LogP contribution >= 0.6 is 11.3 Å². The summed E-state index contributed by atoms with van der Waals surface area (Å²) in [5, 5.41) is 12.9. The zero-order chi connectivity index (χ0) is 22.0. The molecule has 1 aliphatic rings. The van der Waals surface area contributed by atoms with Crippen LogP contribution < -0.4 is 5.32 Å². The quantitative estimate of drug-likeness (QED) is 0.582. The van der Waals surface area contributed by atoms with Crippen molar-refractivity contribution in [1.29, 1.82) is 5.26 Å². The van der Waals surface area contributed by atoms with Gasteiger partial charge in [0.1, 0.15) is 16.9 Å². The number of hydrogen-bond donors (Lipinski definition) is 2. The number of H-pyrrole nitrogens is 1. The minimum Gasteiger partial charge on any atom is -0.449 e. The number of thiophene rings is 1. The molecule has 2 aromatic heterocycles. The summed E-state index contributed by atoms with van der Waals surface area (Å²) in [7, 11) is 0. The Kier molecular flexibility index (Phi) is 5.87. The van der Waals surface area contributed by atoms with Crippen molar-refractivity contribution in [2.45, 2.75) is 39.2 Å². The maximum absolute atomic E-state index is 12.6. The van der Waals surface area contributed by atoms with Gasteiger partial charge in [-0.25, -0.2) is 9.78 Å². The molecule has 0 saturated heterocycles. The number of imidazole rings is 1. The van der Waals surface area contributed by atoms with E-state index in [-0.39, 0.29) is 0 Å². The summed E-state index contributed by atoms with van der Waals surface area (Å²) in [6.07, 6.45) is 5.19. The molecule has 3 aromatic rings. The number of esters is 1. The minimum atomic E-state index is -0.998. The Bertz CT molecular complexity index is 1140. The predicted molar refractivity (Wildman–Crippen MR) is 118 cm³/mol. The first kappa shape index (κ1) is 20.8.